The summed E-state index contributed by atoms with van der Waals surface area (Å²) in [7, 11) is 0. The number of aromatic nitrogens is 2. The number of aryl methyl sites for hydroxylation is 2. The molecule has 3 rings (SSSR count). The van der Waals surface area contributed by atoms with Crippen LogP contribution in [0.25, 0.3) is 0 Å². The second kappa shape index (κ2) is 7.72. The second-order valence-corrected chi connectivity index (χ2v) is 7.15. The van der Waals surface area contributed by atoms with Crippen LogP contribution in [0.1, 0.15) is 36.8 Å². The van der Waals surface area contributed by atoms with Crippen LogP contribution in [0.3, 0.4) is 0 Å². The van der Waals surface area contributed by atoms with Crippen molar-refractivity contribution >= 4 is 17.5 Å². The Hall–Kier alpha value is -2.63. The molecule has 1 N–H and O–H groups in total. The minimum Gasteiger partial charge on any atom is -0.353 e. The van der Waals surface area contributed by atoms with Crippen LogP contribution < -0.4 is 10.2 Å². The van der Waals surface area contributed by atoms with Crippen LogP contribution in [-0.4, -0.2) is 47.1 Å². The Morgan fingerprint density at radius 2 is 1.81 bits per heavy atom. The summed E-state index contributed by atoms with van der Waals surface area (Å²) in [6, 6.07) is 9.84. The third-order valence-corrected chi connectivity index (χ3v) is 4.53. The Kier molecular flexibility index (Phi) is 5.40. The van der Waals surface area contributed by atoms with Gasteiger partial charge in [-0.2, -0.15) is 0 Å². The van der Waals surface area contributed by atoms with Gasteiger partial charge in [0, 0.05) is 49.5 Å². The number of rotatable bonds is 3. The fraction of sp³-hybridized carbons (Fsp3) is 0.450. The molecule has 0 aliphatic carbocycles. The lowest BCUT2D eigenvalue weighted by Crippen LogP contribution is -2.50. The summed E-state index contributed by atoms with van der Waals surface area (Å²) < 4.78 is 0. The van der Waals surface area contributed by atoms with Gasteiger partial charge in [-0.3, -0.25) is 0 Å². The molecule has 1 aromatic carbocycles. The maximum absolute atomic E-state index is 12.5. The fourth-order valence-corrected chi connectivity index (χ4v) is 3.06. The largest absolute Gasteiger partial charge is 0.353 e. The molecule has 2 aromatic rings. The monoisotopic (exact) mass is 353 g/mol. The summed E-state index contributed by atoms with van der Waals surface area (Å²) in [6.07, 6.45) is 0. The molecule has 2 heterocycles. The molecule has 6 nitrogen and oxygen atoms in total. The number of nitrogens with zero attached hydrogens (tertiary/aromatic N) is 4. The summed E-state index contributed by atoms with van der Waals surface area (Å²) >= 11 is 0. The van der Waals surface area contributed by atoms with E-state index in [1.54, 1.807) is 0 Å². The standard InChI is InChI=1S/C20H27N5O/c1-14(2)19-21-16(4)13-18(23-19)24-8-10-25(11-9-24)20(26)22-17-7-5-6-15(3)12-17/h5-7,12-14H,8-11H2,1-4H3,(H,22,26). The van der Waals surface area contributed by atoms with Crippen LogP contribution in [0, 0.1) is 13.8 Å². The molecule has 1 fully saturated rings. The summed E-state index contributed by atoms with van der Waals surface area (Å²) in [6.45, 7) is 11.1. The predicted molar refractivity (Wildman–Crippen MR) is 105 cm³/mol. The van der Waals surface area contributed by atoms with Crippen LogP contribution in [0.15, 0.2) is 30.3 Å². The first-order chi connectivity index (χ1) is 12.4. The number of benzene rings is 1. The molecule has 138 valence electrons. The Morgan fingerprint density at radius 3 is 2.46 bits per heavy atom. The first-order valence-electron chi connectivity index (χ1n) is 9.15. The lowest BCUT2D eigenvalue weighted by molar-refractivity contribution is 0.208. The molecule has 6 heteroatoms. The zero-order valence-corrected chi connectivity index (χ0v) is 16.0. The van der Waals surface area contributed by atoms with Crippen LogP contribution in [0.4, 0.5) is 16.3 Å². The van der Waals surface area contributed by atoms with Crippen molar-refractivity contribution in [1.82, 2.24) is 14.9 Å². The molecule has 26 heavy (non-hydrogen) atoms. The summed E-state index contributed by atoms with van der Waals surface area (Å²) in [5.41, 5.74) is 2.96. The van der Waals surface area contributed by atoms with Gasteiger partial charge >= 0.3 is 6.03 Å². The van der Waals surface area contributed by atoms with Crippen LogP contribution >= 0.6 is 0 Å². The zero-order chi connectivity index (χ0) is 18.7. The quantitative estimate of drug-likeness (QED) is 0.916. The maximum Gasteiger partial charge on any atom is 0.321 e. The van der Waals surface area contributed by atoms with Gasteiger partial charge in [0.05, 0.1) is 0 Å². The van der Waals surface area contributed by atoms with Crippen molar-refractivity contribution < 1.29 is 4.79 Å². The van der Waals surface area contributed by atoms with Gasteiger partial charge in [0.1, 0.15) is 11.6 Å². The number of carbonyl (C=O) groups is 1. The van der Waals surface area contributed by atoms with E-state index < -0.39 is 0 Å². The van der Waals surface area contributed by atoms with E-state index in [4.69, 9.17) is 4.98 Å². The molecule has 0 unspecified atom stereocenters. The van der Waals surface area contributed by atoms with E-state index in [2.05, 4.69) is 29.0 Å². The molecule has 1 aliphatic heterocycles. The summed E-state index contributed by atoms with van der Waals surface area (Å²) in [5, 5.41) is 2.98. The van der Waals surface area contributed by atoms with Gasteiger partial charge in [-0.25, -0.2) is 14.8 Å². The molecule has 0 atom stereocenters. The number of carbonyl (C=O) groups excluding carboxylic acids is 1. The number of piperazine rings is 1. The molecule has 0 spiro atoms. The van der Waals surface area contributed by atoms with Crippen molar-refractivity contribution in [2.75, 3.05) is 36.4 Å². The molecule has 1 aliphatic rings. The predicted octanol–water partition coefficient (Wildman–Crippen LogP) is 3.57. The van der Waals surface area contributed by atoms with Crippen molar-refractivity contribution in [1.29, 1.82) is 0 Å². The van der Waals surface area contributed by atoms with Crippen LogP contribution in [-0.2, 0) is 0 Å². The van der Waals surface area contributed by atoms with E-state index in [1.807, 2.05) is 49.1 Å². The molecular weight excluding hydrogens is 326 g/mol. The van der Waals surface area contributed by atoms with E-state index in [1.165, 1.54) is 0 Å². The van der Waals surface area contributed by atoms with Gasteiger partial charge in [0.15, 0.2) is 0 Å². The Morgan fingerprint density at radius 1 is 1.08 bits per heavy atom. The summed E-state index contributed by atoms with van der Waals surface area (Å²) in [4.78, 5) is 25.8. The van der Waals surface area contributed by atoms with Crippen LogP contribution in [0.2, 0.25) is 0 Å². The average molecular weight is 353 g/mol. The average Bonchev–Trinajstić information content (AvgIpc) is 2.61. The lowest BCUT2D eigenvalue weighted by atomic mass is 10.2. The number of urea groups is 1. The molecule has 2 amide bonds. The highest BCUT2D eigenvalue weighted by molar-refractivity contribution is 5.89. The van der Waals surface area contributed by atoms with E-state index >= 15 is 0 Å². The topological polar surface area (TPSA) is 61.4 Å². The minimum absolute atomic E-state index is 0.0445. The molecule has 1 saturated heterocycles. The number of hydrogen-bond acceptors (Lipinski definition) is 4. The first-order valence-corrected chi connectivity index (χ1v) is 9.15. The number of anilines is 2. The lowest BCUT2D eigenvalue weighted by Gasteiger charge is -2.35. The van der Waals surface area contributed by atoms with Gasteiger partial charge < -0.3 is 15.1 Å². The van der Waals surface area contributed by atoms with Crippen molar-refractivity contribution in [2.45, 2.75) is 33.6 Å². The molecule has 1 aromatic heterocycles. The first kappa shape index (κ1) is 18.2. The highest BCUT2D eigenvalue weighted by atomic mass is 16.2. The van der Waals surface area contributed by atoms with Gasteiger partial charge in [-0.1, -0.05) is 26.0 Å². The number of amides is 2. The molecule has 0 saturated carbocycles. The van der Waals surface area contributed by atoms with Gasteiger partial charge in [0.2, 0.25) is 0 Å². The Bertz CT molecular complexity index is 782. The van der Waals surface area contributed by atoms with Crippen molar-refractivity contribution in [2.24, 2.45) is 0 Å². The summed E-state index contributed by atoms with van der Waals surface area (Å²) in [5.74, 6) is 2.13. The smallest absolute Gasteiger partial charge is 0.321 e. The van der Waals surface area contributed by atoms with Crippen LogP contribution in [0.5, 0.6) is 0 Å². The zero-order valence-electron chi connectivity index (χ0n) is 16.0. The highest BCUT2D eigenvalue weighted by Crippen LogP contribution is 2.19. The SMILES string of the molecule is Cc1cccc(NC(=O)N2CCN(c3cc(C)nc(C(C)C)n3)CC2)c1. The number of nitrogens with one attached hydrogen (secondary N) is 1. The van der Waals surface area contributed by atoms with Gasteiger partial charge in [0.25, 0.3) is 0 Å². The normalized spacial score (nSPS) is 14.7. The van der Waals surface area contributed by atoms with Crippen molar-refractivity contribution in [3.05, 3.63) is 47.4 Å². The van der Waals surface area contributed by atoms with Gasteiger partial charge in [-0.05, 0) is 31.5 Å². The molecule has 0 bridgehead atoms. The Labute approximate surface area is 155 Å². The van der Waals surface area contributed by atoms with E-state index in [9.17, 15) is 4.79 Å². The number of hydrogen-bond donors (Lipinski definition) is 1. The van der Waals surface area contributed by atoms with Crippen molar-refractivity contribution in [3.8, 4) is 0 Å². The van der Waals surface area contributed by atoms with Crippen molar-refractivity contribution in [3.63, 3.8) is 0 Å². The highest BCUT2D eigenvalue weighted by Gasteiger charge is 2.22. The Balaban J connectivity index is 1.61. The fourth-order valence-electron chi connectivity index (χ4n) is 3.06. The van der Waals surface area contributed by atoms with E-state index in [0.717, 1.165) is 41.7 Å². The van der Waals surface area contributed by atoms with Gasteiger partial charge in [-0.15, -0.1) is 0 Å². The third kappa shape index (κ3) is 4.31. The van der Waals surface area contributed by atoms with E-state index in [-0.39, 0.29) is 6.03 Å². The minimum atomic E-state index is -0.0445. The third-order valence-electron chi connectivity index (χ3n) is 4.53. The molecular formula is C20H27N5O. The maximum atomic E-state index is 12.5. The van der Waals surface area contributed by atoms with E-state index in [0.29, 0.717) is 19.0 Å². The molecule has 0 radical (unpaired) electrons. The second-order valence-electron chi connectivity index (χ2n) is 7.15.